The third-order valence-electron chi connectivity index (χ3n) is 7.25. The largest absolute Gasteiger partial charge is 0.504 e. The molecule has 15 heteroatoms. The molecule has 0 amide bonds. The van der Waals surface area contributed by atoms with Gasteiger partial charge in [0, 0.05) is 6.08 Å². The number of esters is 1. The Morgan fingerprint density at radius 1 is 0.773 bits per heavy atom. The van der Waals surface area contributed by atoms with Gasteiger partial charge in [0.15, 0.2) is 41.7 Å². The Morgan fingerprint density at radius 2 is 1.41 bits per heavy atom. The lowest BCUT2D eigenvalue weighted by atomic mass is 9.98. The number of phenols is 4. The first-order valence-electron chi connectivity index (χ1n) is 13.7. The van der Waals surface area contributed by atoms with Gasteiger partial charge in [-0.1, -0.05) is 12.1 Å². The van der Waals surface area contributed by atoms with Gasteiger partial charge in [-0.25, -0.2) is 4.79 Å². The van der Waals surface area contributed by atoms with E-state index in [1.165, 1.54) is 43.3 Å². The Balaban J connectivity index is 1.45. The SMILES string of the molecule is C[C@H]1O[C@@H](OCC2O[C@@H](OCCc3ccc(O)c(O)c3)[C@H](O)[C@@H](O)[C@H]2OC(=O)/C=C/c2ccc(O)c(O)c2)[C@H](O)C(O)[C@H]1O. The van der Waals surface area contributed by atoms with Crippen LogP contribution in [0.3, 0.4) is 0 Å². The van der Waals surface area contributed by atoms with Crippen molar-refractivity contribution >= 4 is 12.0 Å². The van der Waals surface area contributed by atoms with Crippen LogP contribution in [0.1, 0.15) is 18.1 Å². The first-order chi connectivity index (χ1) is 20.8. The van der Waals surface area contributed by atoms with Crippen LogP contribution >= 0.6 is 0 Å². The maximum atomic E-state index is 12.7. The summed E-state index contributed by atoms with van der Waals surface area (Å²) < 4.78 is 27.8. The van der Waals surface area contributed by atoms with Gasteiger partial charge in [0.05, 0.1) is 19.3 Å². The highest BCUT2D eigenvalue weighted by molar-refractivity contribution is 5.87. The van der Waals surface area contributed by atoms with Crippen LogP contribution in [0.5, 0.6) is 23.0 Å². The molecule has 44 heavy (non-hydrogen) atoms. The average Bonchev–Trinajstić information content (AvgIpc) is 2.99. The number of aliphatic hydroxyl groups excluding tert-OH is 5. The van der Waals surface area contributed by atoms with Crippen LogP contribution in [0.15, 0.2) is 42.5 Å². The summed E-state index contributed by atoms with van der Waals surface area (Å²) in [7, 11) is 0. The number of aromatic hydroxyl groups is 4. The van der Waals surface area contributed by atoms with Crippen LogP contribution < -0.4 is 0 Å². The fourth-order valence-electron chi connectivity index (χ4n) is 4.66. The van der Waals surface area contributed by atoms with Gasteiger partial charge in [-0.2, -0.15) is 0 Å². The molecule has 2 aromatic rings. The van der Waals surface area contributed by atoms with Gasteiger partial charge in [0.2, 0.25) is 0 Å². The Hall–Kier alpha value is -3.51. The number of hydrogen-bond acceptors (Lipinski definition) is 15. The second-order valence-electron chi connectivity index (χ2n) is 10.5. The molecule has 2 aliphatic rings. The molecule has 10 atom stereocenters. The summed E-state index contributed by atoms with van der Waals surface area (Å²) >= 11 is 0. The Labute approximate surface area is 251 Å². The van der Waals surface area contributed by atoms with Gasteiger partial charge in [0.1, 0.15) is 36.6 Å². The van der Waals surface area contributed by atoms with Gasteiger partial charge in [-0.05, 0) is 54.8 Å². The van der Waals surface area contributed by atoms with E-state index in [9.17, 15) is 50.8 Å². The van der Waals surface area contributed by atoms with Gasteiger partial charge in [-0.3, -0.25) is 0 Å². The summed E-state index contributed by atoms with van der Waals surface area (Å²) in [5.74, 6) is -2.37. The van der Waals surface area contributed by atoms with Crippen molar-refractivity contribution in [3.05, 3.63) is 53.6 Å². The lowest BCUT2D eigenvalue weighted by Crippen LogP contribution is -2.62. The van der Waals surface area contributed by atoms with Gasteiger partial charge < -0.3 is 69.6 Å². The molecule has 0 radical (unpaired) electrons. The molecule has 9 N–H and O–H groups in total. The zero-order valence-corrected chi connectivity index (χ0v) is 23.5. The monoisotopic (exact) mass is 624 g/mol. The molecule has 2 unspecified atom stereocenters. The quantitative estimate of drug-likeness (QED) is 0.0873. The van der Waals surface area contributed by atoms with Gasteiger partial charge in [0.25, 0.3) is 0 Å². The highest BCUT2D eigenvalue weighted by atomic mass is 16.7. The van der Waals surface area contributed by atoms with Crippen molar-refractivity contribution in [1.29, 1.82) is 0 Å². The number of ether oxygens (including phenoxy) is 5. The molecule has 2 aliphatic heterocycles. The molecule has 0 bridgehead atoms. The van der Waals surface area contributed by atoms with Crippen molar-refractivity contribution in [2.45, 2.75) is 74.8 Å². The summed E-state index contributed by atoms with van der Waals surface area (Å²) in [5, 5.41) is 90.3. The summed E-state index contributed by atoms with van der Waals surface area (Å²) in [5.41, 5.74) is 0.927. The summed E-state index contributed by atoms with van der Waals surface area (Å²) in [4.78, 5) is 12.7. The number of carbonyl (C=O) groups excluding carboxylic acids is 1. The molecule has 4 rings (SSSR count). The minimum Gasteiger partial charge on any atom is -0.504 e. The highest BCUT2D eigenvalue weighted by Crippen LogP contribution is 2.29. The molecule has 0 aromatic heterocycles. The lowest BCUT2D eigenvalue weighted by Gasteiger charge is -2.43. The van der Waals surface area contributed by atoms with Gasteiger partial charge in [-0.15, -0.1) is 0 Å². The van der Waals surface area contributed by atoms with Crippen molar-refractivity contribution in [2.75, 3.05) is 13.2 Å². The molecular formula is C29H36O15. The Kier molecular flexibility index (Phi) is 11.0. The predicted octanol–water partition coefficient (Wildman–Crippen LogP) is -1.02. The zero-order chi connectivity index (χ0) is 32.1. The molecule has 2 heterocycles. The van der Waals surface area contributed by atoms with E-state index in [1.54, 1.807) is 6.07 Å². The van der Waals surface area contributed by atoms with Crippen LogP contribution in [0.4, 0.5) is 0 Å². The Bertz CT molecular complexity index is 1300. The van der Waals surface area contributed by atoms with E-state index in [2.05, 4.69) is 0 Å². The molecule has 2 saturated heterocycles. The molecular weight excluding hydrogens is 588 g/mol. The third kappa shape index (κ3) is 7.95. The number of carbonyl (C=O) groups is 1. The Morgan fingerprint density at radius 3 is 2.09 bits per heavy atom. The zero-order valence-electron chi connectivity index (χ0n) is 23.5. The summed E-state index contributed by atoms with van der Waals surface area (Å²) in [6, 6.07) is 8.00. The van der Waals surface area contributed by atoms with Crippen LogP contribution in [0, 0.1) is 0 Å². The van der Waals surface area contributed by atoms with Crippen LogP contribution in [0.25, 0.3) is 6.08 Å². The fraction of sp³-hybridized carbons (Fsp3) is 0.483. The van der Waals surface area contributed by atoms with E-state index in [0.29, 0.717) is 11.1 Å². The predicted molar refractivity (Wildman–Crippen MR) is 147 cm³/mol. The molecule has 2 fully saturated rings. The topological polar surface area (TPSA) is 245 Å². The van der Waals surface area contributed by atoms with E-state index in [4.69, 9.17) is 23.7 Å². The van der Waals surface area contributed by atoms with Crippen LogP contribution in [-0.2, 0) is 34.9 Å². The second-order valence-corrected chi connectivity index (χ2v) is 10.5. The summed E-state index contributed by atoms with van der Waals surface area (Å²) in [6.45, 7) is 0.890. The normalized spacial score (nSPS) is 32.5. The van der Waals surface area contributed by atoms with Crippen molar-refractivity contribution < 1.29 is 74.4 Å². The van der Waals surface area contributed by atoms with Crippen LogP contribution in [-0.4, -0.2) is 127 Å². The highest BCUT2D eigenvalue weighted by Gasteiger charge is 2.49. The number of aliphatic hydroxyl groups is 5. The standard InChI is InChI=1S/C29H36O15/c1-13-22(35)23(36)25(38)29(42-13)41-12-20-27(44-21(34)7-4-14-2-5-16(30)18(32)10-14)24(37)26(39)28(43-20)40-9-8-15-3-6-17(31)19(33)11-15/h2-7,10-11,13,20,22-33,35-39H,8-9,12H2,1H3/b7-4+/t13-,20?,22+,23?,24-,25-,26-,27+,28-,29-/m1/s1. The molecule has 2 aromatic carbocycles. The van der Waals surface area contributed by atoms with E-state index in [1.807, 2.05) is 0 Å². The van der Waals surface area contributed by atoms with E-state index in [-0.39, 0.29) is 30.3 Å². The smallest absolute Gasteiger partial charge is 0.331 e. The molecule has 0 aliphatic carbocycles. The number of benzene rings is 2. The van der Waals surface area contributed by atoms with Crippen molar-refractivity contribution in [2.24, 2.45) is 0 Å². The van der Waals surface area contributed by atoms with E-state index >= 15 is 0 Å². The number of hydrogen-bond donors (Lipinski definition) is 9. The fourth-order valence-corrected chi connectivity index (χ4v) is 4.66. The molecule has 15 nitrogen and oxygen atoms in total. The van der Waals surface area contributed by atoms with E-state index in [0.717, 1.165) is 6.08 Å². The van der Waals surface area contributed by atoms with Crippen molar-refractivity contribution in [3.8, 4) is 23.0 Å². The van der Waals surface area contributed by atoms with Gasteiger partial charge >= 0.3 is 5.97 Å². The maximum absolute atomic E-state index is 12.7. The second kappa shape index (κ2) is 14.5. The number of rotatable bonds is 10. The van der Waals surface area contributed by atoms with Crippen LogP contribution in [0.2, 0.25) is 0 Å². The average molecular weight is 625 g/mol. The lowest BCUT2D eigenvalue weighted by molar-refractivity contribution is -0.328. The molecule has 0 spiro atoms. The first kappa shape index (κ1) is 33.4. The minimum absolute atomic E-state index is 0.0645. The van der Waals surface area contributed by atoms with Crippen molar-refractivity contribution in [3.63, 3.8) is 0 Å². The van der Waals surface area contributed by atoms with Crippen molar-refractivity contribution in [1.82, 2.24) is 0 Å². The first-order valence-corrected chi connectivity index (χ1v) is 13.7. The molecule has 242 valence electrons. The number of phenolic OH excluding ortho intramolecular Hbond substituents is 4. The molecule has 0 saturated carbocycles. The van der Waals surface area contributed by atoms with E-state index < -0.39 is 79.7 Å². The summed E-state index contributed by atoms with van der Waals surface area (Å²) in [6.07, 6.45) is -12.2. The third-order valence-corrected chi connectivity index (χ3v) is 7.25. The maximum Gasteiger partial charge on any atom is 0.331 e. The minimum atomic E-state index is -1.75.